The van der Waals surface area contributed by atoms with Crippen molar-refractivity contribution in [2.75, 3.05) is 36.9 Å². The van der Waals surface area contributed by atoms with E-state index in [1.54, 1.807) is 18.2 Å². The summed E-state index contributed by atoms with van der Waals surface area (Å²) in [6.45, 7) is 3.36. The molecule has 5 rings (SSSR count). The highest BCUT2D eigenvalue weighted by Gasteiger charge is 2.32. The maximum Gasteiger partial charge on any atom is 0.294 e. The molecule has 11 heteroatoms. The van der Waals surface area contributed by atoms with Crippen LogP contribution in [0.1, 0.15) is 41.9 Å². The molecule has 0 aromatic carbocycles. The number of carbonyl (C=O) groups excluding carboxylic acids is 2. The normalized spacial score (nSPS) is 20.6. The van der Waals surface area contributed by atoms with Crippen LogP contribution >= 0.6 is 11.6 Å². The highest BCUT2D eigenvalue weighted by molar-refractivity contribution is 6.30. The number of morpholine rings is 1. The molecule has 1 saturated heterocycles. The number of nitriles is 1. The van der Waals surface area contributed by atoms with Gasteiger partial charge in [0.1, 0.15) is 28.8 Å². The number of rotatable bonds is 5. The lowest BCUT2D eigenvalue weighted by atomic mass is 9.84. The largest absolute Gasteiger partial charge is 0.447 e. The van der Waals surface area contributed by atoms with E-state index in [0.29, 0.717) is 11.1 Å². The lowest BCUT2D eigenvalue weighted by molar-refractivity contribution is -0.121. The monoisotopic (exact) mass is 508 g/mol. The molecule has 1 saturated carbocycles. The maximum absolute atomic E-state index is 13.3. The van der Waals surface area contributed by atoms with E-state index >= 15 is 0 Å². The molecular formula is C25H25ClN6O4. The lowest BCUT2D eigenvalue weighted by Crippen LogP contribution is -2.45. The van der Waals surface area contributed by atoms with Gasteiger partial charge < -0.3 is 19.8 Å². The van der Waals surface area contributed by atoms with Crippen molar-refractivity contribution in [1.82, 2.24) is 14.9 Å². The van der Waals surface area contributed by atoms with Crippen LogP contribution in [0.2, 0.25) is 5.02 Å². The van der Waals surface area contributed by atoms with Crippen molar-refractivity contribution in [1.29, 1.82) is 5.26 Å². The van der Waals surface area contributed by atoms with Crippen LogP contribution in [0.4, 0.5) is 11.5 Å². The quantitative estimate of drug-likeness (QED) is 0.531. The second kappa shape index (κ2) is 10.6. The first-order valence-electron chi connectivity index (χ1n) is 11.9. The second-order valence-corrected chi connectivity index (χ2v) is 9.36. The van der Waals surface area contributed by atoms with Gasteiger partial charge in [-0.2, -0.15) is 5.26 Å². The molecule has 0 radical (unpaired) electrons. The smallest absolute Gasteiger partial charge is 0.294 e. The van der Waals surface area contributed by atoms with E-state index in [4.69, 9.17) is 20.8 Å². The summed E-state index contributed by atoms with van der Waals surface area (Å²) in [5.41, 5.74) is 0.832. The van der Waals surface area contributed by atoms with Crippen molar-refractivity contribution in [3.05, 3.63) is 46.9 Å². The number of hydrogen-bond donors (Lipinski definition) is 2. The fraction of sp³-hybridized carbons (Fsp3) is 0.400. The molecule has 3 aromatic heterocycles. The highest BCUT2D eigenvalue weighted by atomic mass is 35.5. The zero-order valence-electron chi connectivity index (χ0n) is 19.5. The standard InChI is InChI=1S/C25H25ClN6O4/c26-16-3-8-20(28-14-16)30-25(34)23-22(21-19(36-23)7-4-17(13-27)29-21)31-24(33)15-1-5-18(6-2-15)32-9-11-35-12-10-32/h3-4,7-8,14-15,18H,1-2,5-6,9-12H2,(H,31,33)(H,28,30,34). The van der Waals surface area contributed by atoms with Gasteiger partial charge in [-0.15, -0.1) is 0 Å². The van der Waals surface area contributed by atoms with Crippen molar-refractivity contribution in [2.24, 2.45) is 5.92 Å². The maximum atomic E-state index is 13.3. The Bertz CT molecular complexity index is 1300. The van der Waals surface area contributed by atoms with Gasteiger partial charge in [-0.05, 0) is 49.9 Å². The minimum Gasteiger partial charge on any atom is -0.447 e. The van der Waals surface area contributed by atoms with Crippen molar-refractivity contribution in [2.45, 2.75) is 31.7 Å². The Balaban J connectivity index is 1.35. The molecule has 3 aromatic rings. The van der Waals surface area contributed by atoms with Gasteiger partial charge in [0.25, 0.3) is 5.91 Å². The number of carbonyl (C=O) groups is 2. The Morgan fingerprint density at radius 1 is 1.08 bits per heavy atom. The molecule has 36 heavy (non-hydrogen) atoms. The zero-order valence-corrected chi connectivity index (χ0v) is 20.3. The summed E-state index contributed by atoms with van der Waals surface area (Å²) in [5, 5.41) is 15.3. The van der Waals surface area contributed by atoms with E-state index in [1.807, 2.05) is 6.07 Å². The third kappa shape index (κ3) is 5.18. The van der Waals surface area contributed by atoms with Gasteiger partial charge in [-0.3, -0.25) is 14.5 Å². The lowest BCUT2D eigenvalue weighted by Gasteiger charge is -2.38. The van der Waals surface area contributed by atoms with Crippen LogP contribution in [0.3, 0.4) is 0 Å². The van der Waals surface area contributed by atoms with E-state index in [0.717, 1.165) is 52.0 Å². The Morgan fingerprint density at radius 2 is 1.86 bits per heavy atom. The van der Waals surface area contributed by atoms with E-state index in [1.165, 1.54) is 12.3 Å². The van der Waals surface area contributed by atoms with Crippen LogP contribution in [-0.4, -0.2) is 59.0 Å². The van der Waals surface area contributed by atoms with Crippen LogP contribution in [0, 0.1) is 17.2 Å². The van der Waals surface area contributed by atoms with E-state index in [9.17, 15) is 14.9 Å². The summed E-state index contributed by atoms with van der Waals surface area (Å²) in [7, 11) is 0. The van der Waals surface area contributed by atoms with Gasteiger partial charge in [0.15, 0.2) is 5.58 Å². The predicted octanol–water partition coefficient (Wildman–Crippen LogP) is 3.83. The van der Waals surface area contributed by atoms with Gasteiger partial charge in [0, 0.05) is 31.2 Å². The molecule has 1 aliphatic heterocycles. The number of aromatic nitrogens is 2. The van der Waals surface area contributed by atoms with Crippen LogP contribution in [0.25, 0.3) is 11.1 Å². The third-order valence-corrected chi connectivity index (χ3v) is 6.93. The Hall–Kier alpha value is -3.52. The molecule has 1 aliphatic carbocycles. The first-order chi connectivity index (χ1) is 17.5. The number of furan rings is 1. The Morgan fingerprint density at radius 3 is 2.56 bits per heavy atom. The van der Waals surface area contributed by atoms with Gasteiger partial charge in [0.2, 0.25) is 11.7 Å². The first-order valence-corrected chi connectivity index (χ1v) is 12.3. The summed E-state index contributed by atoms with van der Waals surface area (Å²) in [4.78, 5) is 37.2. The van der Waals surface area contributed by atoms with Gasteiger partial charge in [-0.25, -0.2) is 9.97 Å². The topological polar surface area (TPSA) is 133 Å². The number of ether oxygens (including phenoxy) is 1. The summed E-state index contributed by atoms with van der Waals surface area (Å²) in [5.74, 6) is -0.831. The van der Waals surface area contributed by atoms with Crippen molar-refractivity contribution >= 4 is 46.0 Å². The second-order valence-electron chi connectivity index (χ2n) is 8.92. The SMILES string of the molecule is N#Cc1ccc2oc(C(=O)Nc3ccc(Cl)cn3)c(NC(=O)C3CCC(N4CCOCC4)CC3)c2n1. The molecule has 2 fully saturated rings. The van der Waals surface area contributed by atoms with Crippen molar-refractivity contribution in [3.63, 3.8) is 0 Å². The van der Waals surface area contributed by atoms with Crippen molar-refractivity contribution < 1.29 is 18.7 Å². The highest BCUT2D eigenvalue weighted by Crippen LogP contribution is 2.33. The van der Waals surface area contributed by atoms with E-state index < -0.39 is 5.91 Å². The minimum atomic E-state index is -0.604. The molecule has 0 atom stereocenters. The average Bonchev–Trinajstić information content (AvgIpc) is 3.28. The Labute approximate surface area is 212 Å². The molecule has 0 spiro atoms. The summed E-state index contributed by atoms with van der Waals surface area (Å²) >= 11 is 5.87. The van der Waals surface area contributed by atoms with Crippen LogP contribution < -0.4 is 10.6 Å². The predicted molar refractivity (Wildman–Crippen MR) is 133 cm³/mol. The molecule has 0 unspecified atom stereocenters. The molecule has 2 amide bonds. The van der Waals surface area contributed by atoms with E-state index in [2.05, 4.69) is 25.5 Å². The summed E-state index contributed by atoms with van der Waals surface area (Å²) < 4.78 is 11.2. The summed E-state index contributed by atoms with van der Waals surface area (Å²) in [6, 6.07) is 8.64. The summed E-state index contributed by atoms with van der Waals surface area (Å²) in [6.07, 6.45) is 4.76. The number of fused-ring (bicyclic) bond motifs is 1. The third-order valence-electron chi connectivity index (χ3n) is 6.70. The Kier molecular flexibility index (Phi) is 7.13. The van der Waals surface area contributed by atoms with Gasteiger partial charge in [0.05, 0.1) is 18.2 Å². The first kappa shape index (κ1) is 24.2. The van der Waals surface area contributed by atoms with E-state index in [-0.39, 0.29) is 45.9 Å². The number of pyridine rings is 2. The van der Waals surface area contributed by atoms with Crippen LogP contribution in [0.5, 0.6) is 0 Å². The zero-order chi connectivity index (χ0) is 25.1. The number of amides is 2. The van der Waals surface area contributed by atoms with Gasteiger partial charge in [-0.1, -0.05) is 11.6 Å². The van der Waals surface area contributed by atoms with Gasteiger partial charge >= 0.3 is 0 Å². The molecule has 2 N–H and O–H groups in total. The molecule has 10 nitrogen and oxygen atoms in total. The van der Waals surface area contributed by atoms with Crippen LogP contribution in [0.15, 0.2) is 34.9 Å². The number of nitrogens with zero attached hydrogens (tertiary/aromatic N) is 4. The fourth-order valence-electron chi connectivity index (χ4n) is 4.81. The number of anilines is 2. The molecular weight excluding hydrogens is 484 g/mol. The van der Waals surface area contributed by atoms with Crippen LogP contribution in [-0.2, 0) is 9.53 Å². The number of hydrogen-bond acceptors (Lipinski definition) is 8. The minimum absolute atomic E-state index is 0.111. The molecule has 2 aliphatic rings. The molecule has 4 heterocycles. The fourth-order valence-corrected chi connectivity index (χ4v) is 4.92. The van der Waals surface area contributed by atoms with Crippen molar-refractivity contribution in [3.8, 4) is 6.07 Å². The average molecular weight is 509 g/mol. The molecule has 186 valence electrons. The number of halogens is 1. The molecule has 0 bridgehead atoms. The number of nitrogens with one attached hydrogen (secondary N) is 2.